The maximum absolute atomic E-state index is 4.58. The molecule has 19 heavy (non-hydrogen) atoms. The first-order valence-corrected chi connectivity index (χ1v) is 6.64. The molecule has 2 rings (SSSR count). The van der Waals surface area contributed by atoms with Gasteiger partial charge in [-0.1, -0.05) is 13.3 Å². The van der Waals surface area contributed by atoms with Gasteiger partial charge in [-0.3, -0.25) is 0 Å². The third-order valence-electron chi connectivity index (χ3n) is 2.65. The summed E-state index contributed by atoms with van der Waals surface area (Å²) in [4.78, 5) is 17.6. The molecule has 1 N–H and O–H groups in total. The number of nitrogens with zero attached hydrogens (tertiary/aromatic N) is 4. The third-order valence-corrected chi connectivity index (χ3v) is 2.65. The predicted octanol–water partition coefficient (Wildman–Crippen LogP) is 2.63. The summed E-state index contributed by atoms with van der Waals surface area (Å²) in [5.74, 6) is 2.24. The van der Waals surface area contributed by atoms with Gasteiger partial charge in [0.15, 0.2) is 5.82 Å². The second-order valence-corrected chi connectivity index (χ2v) is 4.34. The number of anilines is 1. The molecule has 2 aromatic rings. The van der Waals surface area contributed by atoms with Crippen molar-refractivity contribution in [2.24, 2.45) is 0 Å². The van der Waals surface area contributed by atoms with Crippen molar-refractivity contribution in [2.45, 2.75) is 33.6 Å². The number of hydrogen-bond acceptors (Lipinski definition) is 5. The smallest absolute Gasteiger partial charge is 0.180 e. The van der Waals surface area contributed by atoms with Crippen LogP contribution in [0.4, 0.5) is 5.82 Å². The molecule has 0 aromatic carbocycles. The van der Waals surface area contributed by atoms with Crippen molar-refractivity contribution in [3.63, 3.8) is 0 Å². The summed E-state index contributed by atoms with van der Waals surface area (Å²) in [6.45, 7) is 6.90. The van der Waals surface area contributed by atoms with Gasteiger partial charge in [0, 0.05) is 24.5 Å². The van der Waals surface area contributed by atoms with Crippen LogP contribution < -0.4 is 5.32 Å². The zero-order valence-electron chi connectivity index (χ0n) is 11.6. The molecular weight excluding hydrogens is 238 g/mol. The van der Waals surface area contributed by atoms with E-state index in [4.69, 9.17) is 0 Å². The summed E-state index contributed by atoms with van der Waals surface area (Å²) < 4.78 is 0. The maximum atomic E-state index is 4.58. The minimum Gasteiger partial charge on any atom is -0.370 e. The fourth-order valence-electron chi connectivity index (χ4n) is 1.85. The topological polar surface area (TPSA) is 63.6 Å². The molecule has 0 amide bonds. The van der Waals surface area contributed by atoms with Crippen molar-refractivity contribution in [1.29, 1.82) is 0 Å². The minimum atomic E-state index is 0.660. The largest absolute Gasteiger partial charge is 0.370 e. The van der Waals surface area contributed by atoms with Crippen molar-refractivity contribution in [2.75, 3.05) is 11.9 Å². The van der Waals surface area contributed by atoms with E-state index >= 15 is 0 Å². The lowest BCUT2D eigenvalue weighted by Gasteiger charge is -2.08. The summed E-state index contributed by atoms with van der Waals surface area (Å²) in [6.07, 6.45) is 3.74. The lowest BCUT2D eigenvalue weighted by molar-refractivity contribution is 0.872. The fourth-order valence-corrected chi connectivity index (χ4v) is 1.85. The number of aryl methyl sites for hydroxylation is 2. The fraction of sp³-hybridized carbons (Fsp3) is 0.429. The second kappa shape index (κ2) is 6.22. The molecule has 0 spiro atoms. The Morgan fingerprint density at radius 3 is 2.68 bits per heavy atom. The van der Waals surface area contributed by atoms with Gasteiger partial charge in [-0.25, -0.2) is 19.9 Å². The van der Waals surface area contributed by atoms with Gasteiger partial charge in [0.25, 0.3) is 0 Å². The number of aromatic nitrogens is 4. The minimum absolute atomic E-state index is 0.660. The van der Waals surface area contributed by atoms with Crippen LogP contribution in [0.15, 0.2) is 18.3 Å². The zero-order chi connectivity index (χ0) is 13.7. The molecule has 0 fully saturated rings. The monoisotopic (exact) mass is 257 g/mol. The molecular formula is C14H19N5. The molecule has 0 aliphatic carbocycles. The summed E-state index contributed by atoms with van der Waals surface area (Å²) in [5.41, 5.74) is 1.81. The van der Waals surface area contributed by atoms with Crippen LogP contribution in [0.1, 0.15) is 31.8 Å². The van der Waals surface area contributed by atoms with Crippen LogP contribution in [0.3, 0.4) is 0 Å². The van der Waals surface area contributed by atoms with Crippen LogP contribution in [0.5, 0.6) is 0 Å². The maximum Gasteiger partial charge on any atom is 0.180 e. The first kappa shape index (κ1) is 13.4. The molecule has 0 bridgehead atoms. The molecule has 0 radical (unpaired) electrons. The Hall–Kier alpha value is -2.04. The lowest BCUT2D eigenvalue weighted by atomic mass is 10.2. The standard InChI is InChI=1S/C14H19N5/c1-4-6-11-9-13(15-5-2)19-14(18-11)12-7-8-16-10(3)17-12/h7-9H,4-6H2,1-3H3,(H,15,18,19). The number of rotatable bonds is 5. The van der Waals surface area contributed by atoms with Gasteiger partial charge < -0.3 is 5.32 Å². The van der Waals surface area contributed by atoms with E-state index in [1.807, 2.05) is 19.1 Å². The Kier molecular flexibility index (Phi) is 4.39. The van der Waals surface area contributed by atoms with E-state index in [0.717, 1.165) is 42.4 Å². The van der Waals surface area contributed by atoms with E-state index in [1.54, 1.807) is 6.20 Å². The summed E-state index contributed by atoms with van der Waals surface area (Å²) in [6, 6.07) is 3.85. The second-order valence-electron chi connectivity index (χ2n) is 4.34. The number of hydrogen-bond donors (Lipinski definition) is 1. The van der Waals surface area contributed by atoms with E-state index in [9.17, 15) is 0 Å². The van der Waals surface area contributed by atoms with Crippen LogP contribution in [0.2, 0.25) is 0 Å². The Morgan fingerprint density at radius 2 is 2.00 bits per heavy atom. The van der Waals surface area contributed by atoms with Crippen molar-refractivity contribution in [3.05, 3.63) is 29.8 Å². The first-order chi connectivity index (χ1) is 9.22. The van der Waals surface area contributed by atoms with Crippen molar-refractivity contribution < 1.29 is 0 Å². The van der Waals surface area contributed by atoms with E-state index in [-0.39, 0.29) is 0 Å². The lowest BCUT2D eigenvalue weighted by Crippen LogP contribution is -2.05. The van der Waals surface area contributed by atoms with E-state index < -0.39 is 0 Å². The van der Waals surface area contributed by atoms with Crippen LogP contribution in [0.25, 0.3) is 11.5 Å². The molecule has 0 aliphatic rings. The molecule has 5 heteroatoms. The highest BCUT2D eigenvalue weighted by Crippen LogP contribution is 2.16. The van der Waals surface area contributed by atoms with Gasteiger partial charge in [0.1, 0.15) is 17.3 Å². The molecule has 100 valence electrons. The van der Waals surface area contributed by atoms with Crippen LogP contribution in [-0.4, -0.2) is 26.5 Å². The van der Waals surface area contributed by atoms with Gasteiger partial charge in [-0.05, 0) is 26.3 Å². The van der Waals surface area contributed by atoms with Gasteiger partial charge in [0.2, 0.25) is 0 Å². The Bertz CT molecular complexity index is 529. The van der Waals surface area contributed by atoms with E-state index in [2.05, 4.69) is 39.1 Å². The zero-order valence-corrected chi connectivity index (χ0v) is 11.6. The third kappa shape index (κ3) is 3.47. The summed E-state index contributed by atoms with van der Waals surface area (Å²) >= 11 is 0. The van der Waals surface area contributed by atoms with Crippen LogP contribution in [-0.2, 0) is 6.42 Å². The molecule has 0 atom stereocenters. The van der Waals surface area contributed by atoms with Crippen molar-refractivity contribution in [1.82, 2.24) is 19.9 Å². The highest BCUT2D eigenvalue weighted by molar-refractivity contribution is 5.52. The average molecular weight is 257 g/mol. The Balaban J connectivity index is 2.43. The van der Waals surface area contributed by atoms with Crippen LogP contribution in [0, 0.1) is 6.92 Å². The van der Waals surface area contributed by atoms with Crippen molar-refractivity contribution >= 4 is 5.82 Å². The molecule has 5 nitrogen and oxygen atoms in total. The molecule has 2 aromatic heterocycles. The molecule has 0 aliphatic heterocycles. The first-order valence-electron chi connectivity index (χ1n) is 6.64. The average Bonchev–Trinajstić information content (AvgIpc) is 2.39. The quantitative estimate of drug-likeness (QED) is 0.892. The Morgan fingerprint density at radius 1 is 1.16 bits per heavy atom. The van der Waals surface area contributed by atoms with Gasteiger partial charge in [-0.2, -0.15) is 0 Å². The summed E-state index contributed by atoms with van der Waals surface area (Å²) in [5, 5.41) is 3.24. The highest BCUT2D eigenvalue weighted by Gasteiger charge is 2.08. The van der Waals surface area contributed by atoms with Gasteiger partial charge in [0.05, 0.1) is 0 Å². The number of nitrogens with one attached hydrogen (secondary N) is 1. The SMILES string of the molecule is CCCc1cc(NCC)nc(-c2ccnc(C)n2)n1. The molecule has 2 heterocycles. The molecule has 0 unspecified atom stereocenters. The van der Waals surface area contributed by atoms with Gasteiger partial charge in [-0.15, -0.1) is 0 Å². The van der Waals surface area contributed by atoms with Crippen molar-refractivity contribution in [3.8, 4) is 11.5 Å². The molecule has 0 saturated carbocycles. The van der Waals surface area contributed by atoms with Gasteiger partial charge >= 0.3 is 0 Å². The van der Waals surface area contributed by atoms with E-state index in [0.29, 0.717) is 5.82 Å². The van der Waals surface area contributed by atoms with E-state index in [1.165, 1.54) is 0 Å². The summed E-state index contributed by atoms with van der Waals surface area (Å²) in [7, 11) is 0. The highest BCUT2D eigenvalue weighted by atomic mass is 15.0. The molecule has 0 saturated heterocycles. The Labute approximate surface area is 113 Å². The van der Waals surface area contributed by atoms with Crippen LogP contribution >= 0.6 is 0 Å². The normalized spacial score (nSPS) is 10.5. The predicted molar refractivity (Wildman–Crippen MR) is 76.0 cm³/mol.